The molecule has 4 rings (SSSR count). The molecule has 0 amide bonds. The van der Waals surface area contributed by atoms with E-state index in [2.05, 4.69) is 97.9 Å². The lowest BCUT2D eigenvalue weighted by Crippen LogP contribution is -2.23. The number of aromatic nitrogens is 1. The van der Waals surface area contributed by atoms with E-state index >= 15 is 0 Å². The van der Waals surface area contributed by atoms with Gasteiger partial charge in [-0.2, -0.15) is 5.10 Å². The highest BCUT2D eigenvalue weighted by Gasteiger charge is 2.37. The molecule has 0 saturated heterocycles. The fourth-order valence-corrected chi connectivity index (χ4v) is 4.00. The number of hydrazone groups is 1. The first-order chi connectivity index (χ1) is 13.4. The lowest BCUT2D eigenvalue weighted by molar-refractivity contribution is 0.641. The van der Waals surface area contributed by atoms with Crippen LogP contribution in [-0.4, -0.2) is 18.2 Å². The van der Waals surface area contributed by atoms with Crippen molar-refractivity contribution >= 4 is 28.6 Å². The number of para-hydroxylation sites is 1. The molecule has 142 valence electrons. The highest BCUT2D eigenvalue weighted by atomic mass is 15.3. The van der Waals surface area contributed by atoms with E-state index in [9.17, 15) is 0 Å². The van der Waals surface area contributed by atoms with Crippen LogP contribution in [0, 0.1) is 13.8 Å². The summed E-state index contributed by atoms with van der Waals surface area (Å²) in [4.78, 5) is 6.96. The van der Waals surface area contributed by atoms with E-state index in [1.54, 1.807) is 0 Å². The van der Waals surface area contributed by atoms with E-state index in [0.29, 0.717) is 0 Å². The molecular weight excluding hydrogens is 344 g/mol. The molecule has 0 bridgehead atoms. The maximum atomic E-state index is 4.72. The van der Waals surface area contributed by atoms with Crippen molar-refractivity contribution in [2.24, 2.45) is 5.10 Å². The van der Waals surface area contributed by atoms with Crippen molar-refractivity contribution < 1.29 is 0 Å². The second-order valence-corrected chi connectivity index (χ2v) is 7.99. The van der Waals surface area contributed by atoms with Crippen LogP contribution in [0.1, 0.15) is 30.5 Å². The van der Waals surface area contributed by atoms with E-state index in [-0.39, 0.29) is 5.41 Å². The number of anilines is 2. The van der Waals surface area contributed by atoms with Gasteiger partial charge in [0, 0.05) is 35.4 Å². The summed E-state index contributed by atoms with van der Waals surface area (Å²) in [5.41, 5.74) is 10.1. The van der Waals surface area contributed by atoms with Crippen LogP contribution in [0.15, 0.2) is 65.4 Å². The maximum absolute atomic E-state index is 4.72. The average molecular weight is 371 g/mol. The first kappa shape index (κ1) is 18.2. The van der Waals surface area contributed by atoms with Crippen molar-refractivity contribution in [3.8, 4) is 0 Å². The minimum absolute atomic E-state index is 0.0496. The highest BCUT2D eigenvalue weighted by molar-refractivity contribution is 5.83. The lowest BCUT2D eigenvalue weighted by atomic mass is 9.84. The summed E-state index contributed by atoms with van der Waals surface area (Å²) in [5, 5.41) is 5.56. The van der Waals surface area contributed by atoms with Crippen molar-refractivity contribution in [2.45, 2.75) is 33.1 Å². The molecule has 1 aliphatic rings. The van der Waals surface area contributed by atoms with Crippen LogP contribution in [0.5, 0.6) is 0 Å². The Labute approximate surface area is 166 Å². The molecule has 0 atom stereocenters. The minimum Gasteiger partial charge on any atom is -0.347 e. The van der Waals surface area contributed by atoms with E-state index in [4.69, 9.17) is 4.98 Å². The largest absolute Gasteiger partial charge is 0.347 e. The van der Waals surface area contributed by atoms with Gasteiger partial charge in [0.25, 0.3) is 0 Å². The number of rotatable bonds is 3. The summed E-state index contributed by atoms with van der Waals surface area (Å²) in [5.74, 6) is 0.787. The van der Waals surface area contributed by atoms with Crippen LogP contribution in [0.3, 0.4) is 0 Å². The number of aryl methyl sites for hydroxylation is 2. The van der Waals surface area contributed by atoms with E-state index < -0.39 is 0 Å². The van der Waals surface area contributed by atoms with Gasteiger partial charge in [0.1, 0.15) is 5.82 Å². The number of hydrogen-bond acceptors (Lipinski definition) is 4. The van der Waals surface area contributed by atoms with Gasteiger partial charge in [-0.15, -0.1) is 0 Å². The second kappa shape index (κ2) is 6.79. The summed E-state index contributed by atoms with van der Waals surface area (Å²) >= 11 is 0. The van der Waals surface area contributed by atoms with Gasteiger partial charge in [0.15, 0.2) is 0 Å². The Kier molecular flexibility index (Phi) is 4.42. The average Bonchev–Trinajstić information content (AvgIpc) is 2.86. The molecule has 1 aromatic heterocycles. The van der Waals surface area contributed by atoms with Gasteiger partial charge in [-0.25, -0.2) is 4.98 Å². The molecule has 4 heteroatoms. The third-order valence-electron chi connectivity index (χ3n) is 5.58. The molecule has 3 aromatic rings. The molecule has 0 radical (unpaired) electrons. The van der Waals surface area contributed by atoms with Crippen LogP contribution in [0.2, 0.25) is 0 Å². The summed E-state index contributed by atoms with van der Waals surface area (Å²) in [7, 11) is 2.11. The van der Waals surface area contributed by atoms with E-state index in [0.717, 1.165) is 22.3 Å². The molecule has 0 aliphatic carbocycles. The van der Waals surface area contributed by atoms with Crippen LogP contribution >= 0.6 is 0 Å². The van der Waals surface area contributed by atoms with Gasteiger partial charge in [0.2, 0.25) is 0 Å². The molecule has 0 saturated carbocycles. The third-order valence-corrected chi connectivity index (χ3v) is 5.58. The van der Waals surface area contributed by atoms with Crippen molar-refractivity contribution in [1.29, 1.82) is 0 Å². The first-order valence-corrected chi connectivity index (χ1v) is 9.59. The fraction of sp³-hybridized carbons (Fsp3) is 0.250. The predicted molar refractivity (Wildman–Crippen MR) is 119 cm³/mol. The van der Waals surface area contributed by atoms with Gasteiger partial charge in [0.05, 0.1) is 5.52 Å². The molecule has 1 aliphatic heterocycles. The van der Waals surface area contributed by atoms with Crippen molar-refractivity contribution in [2.75, 3.05) is 17.4 Å². The number of nitrogens with one attached hydrogen (secondary N) is 1. The Hall–Kier alpha value is -3.14. The maximum Gasteiger partial charge on any atom is 0.149 e. The van der Waals surface area contributed by atoms with Gasteiger partial charge >= 0.3 is 0 Å². The summed E-state index contributed by atoms with van der Waals surface area (Å²) in [6.07, 6.45) is 3.90. The Bertz CT molecular complexity index is 1110. The summed E-state index contributed by atoms with van der Waals surface area (Å²) < 4.78 is 0. The quantitative estimate of drug-likeness (QED) is 0.485. The van der Waals surface area contributed by atoms with Gasteiger partial charge in [-0.1, -0.05) is 44.2 Å². The molecule has 2 aromatic carbocycles. The Morgan fingerprint density at radius 2 is 1.86 bits per heavy atom. The Morgan fingerprint density at radius 3 is 2.64 bits per heavy atom. The van der Waals surface area contributed by atoms with E-state index in [1.165, 1.54) is 22.5 Å². The molecule has 0 unspecified atom stereocenters. The number of allylic oxidation sites excluding steroid dienone is 2. The predicted octanol–water partition coefficient (Wildman–Crippen LogP) is 5.56. The van der Waals surface area contributed by atoms with E-state index in [1.807, 2.05) is 13.1 Å². The number of nitrogens with zero attached hydrogens (tertiary/aromatic N) is 3. The normalized spacial score (nSPS) is 16.9. The monoisotopic (exact) mass is 370 g/mol. The number of pyridine rings is 1. The molecule has 0 spiro atoms. The van der Waals surface area contributed by atoms with Gasteiger partial charge < -0.3 is 4.90 Å². The van der Waals surface area contributed by atoms with Crippen LogP contribution < -0.4 is 10.3 Å². The standard InChI is InChI=1S/C24H26N4/c1-16-10-11-18-15-17(2)23(26-20(18)14-16)27-25-13-12-22-24(3,4)19-8-6-7-9-21(19)28(22)5/h6-15H,1-5H3,(H,26,27). The summed E-state index contributed by atoms with van der Waals surface area (Å²) in [6.45, 7) is 8.63. The SMILES string of the molecule is Cc1ccc2cc(C)c(NN=CC=C3N(C)c4ccccc4C3(C)C)nc2c1. The number of fused-ring (bicyclic) bond motifs is 2. The molecular formula is C24H26N4. The van der Waals surface area contributed by atoms with Crippen LogP contribution in [0.25, 0.3) is 10.9 Å². The lowest BCUT2D eigenvalue weighted by Gasteiger charge is -2.23. The van der Waals surface area contributed by atoms with Crippen molar-refractivity contribution in [3.05, 3.63) is 77.0 Å². The second-order valence-electron chi connectivity index (χ2n) is 7.99. The molecule has 1 N–H and O–H groups in total. The molecule has 2 heterocycles. The highest BCUT2D eigenvalue weighted by Crippen LogP contribution is 2.46. The smallest absolute Gasteiger partial charge is 0.149 e. The minimum atomic E-state index is -0.0496. The first-order valence-electron chi connectivity index (χ1n) is 9.59. The zero-order valence-corrected chi connectivity index (χ0v) is 17.1. The Balaban J connectivity index is 1.58. The Morgan fingerprint density at radius 1 is 1.07 bits per heavy atom. The van der Waals surface area contributed by atoms with Crippen molar-refractivity contribution in [1.82, 2.24) is 4.98 Å². The zero-order valence-electron chi connectivity index (χ0n) is 17.1. The number of benzene rings is 2. The molecule has 4 nitrogen and oxygen atoms in total. The molecule has 0 fully saturated rings. The fourth-order valence-electron chi connectivity index (χ4n) is 4.00. The van der Waals surface area contributed by atoms with Crippen LogP contribution in [0.4, 0.5) is 11.5 Å². The van der Waals surface area contributed by atoms with Crippen molar-refractivity contribution in [3.63, 3.8) is 0 Å². The number of likely N-dealkylation sites (N-methyl/N-ethyl adjacent to an activating group) is 1. The van der Waals surface area contributed by atoms with Gasteiger partial charge in [-0.05, 0) is 54.8 Å². The topological polar surface area (TPSA) is 40.5 Å². The molecule has 28 heavy (non-hydrogen) atoms. The zero-order chi connectivity index (χ0) is 19.9. The number of hydrogen-bond donors (Lipinski definition) is 1. The summed E-state index contributed by atoms with van der Waals surface area (Å²) in [6, 6.07) is 17.0. The van der Waals surface area contributed by atoms with Gasteiger partial charge in [-0.3, -0.25) is 5.43 Å². The third kappa shape index (κ3) is 3.05. The van der Waals surface area contributed by atoms with Crippen LogP contribution in [-0.2, 0) is 5.41 Å².